The fourth-order valence-electron chi connectivity index (χ4n) is 4.89. The lowest BCUT2D eigenvalue weighted by molar-refractivity contribution is -0.137. The van der Waals surface area contributed by atoms with Crippen molar-refractivity contribution in [2.24, 2.45) is 30.5 Å². The van der Waals surface area contributed by atoms with E-state index in [1.807, 2.05) is 0 Å². The average molecular weight is 422 g/mol. The molecule has 0 bridgehead atoms. The number of primary amides is 1. The van der Waals surface area contributed by atoms with Gasteiger partial charge in [0.15, 0.2) is 5.69 Å². The molecule has 0 radical (unpaired) electrons. The number of aromatic nitrogens is 2. The summed E-state index contributed by atoms with van der Waals surface area (Å²) < 4.78 is 41.3. The van der Waals surface area contributed by atoms with Gasteiger partial charge in [0.05, 0.1) is 11.5 Å². The summed E-state index contributed by atoms with van der Waals surface area (Å²) in [6.07, 6.45) is -3.22. The van der Waals surface area contributed by atoms with Gasteiger partial charge >= 0.3 is 12.1 Å². The van der Waals surface area contributed by atoms with Crippen molar-refractivity contribution in [3.8, 4) is 0 Å². The Morgan fingerprint density at radius 1 is 1.30 bits per heavy atom. The highest BCUT2D eigenvalue weighted by Gasteiger charge is 2.59. The Morgan fingerprint density at radius 3 is 2.50 bits per heavy atom. The van der Waals surface area contributed by atoms with E-state index in [0.717, 1.165) is 25.2 Å². The molecule has 4 atom stereocenters. The maximum absolute atomic E-state index is 13.3. The van der Waals surface area contributed by atoms with Crippen molar-refractivity contribution >= 4 is 11.9 Å². The smallest absolute Gasteiger partial charge is 0.416 e. The Bertz CT molecular complexity index is 993. The fraction of sp³-hybridized carbons (Fsp3) is 0.450. The van der Waals surface area contributed by atoms with Crippen molar-refractivity contribution in [2.45, 2.75) is 18.0 Å². The van der Waals surface area contributed by atoms with Gasteiger partial charge in [-0.05, 0) is 42.5 Å². The first-order valence-corrected chi connectivity index (χ1v) is 9.53. The number of halogens is 3. The molecule has 4 unspecified atom stereocenters. The fourth-order valence-corrected chi connectivity index (χ4v) is 4.89. The van der Waals surface area contributed by atoms with Crippen molar-refractivity contribution in [1.82, 2.24) is 14.9 Å². The van der Waals surface area contributed by atoms with Gasteiger partial charge in [0.25, 0.3) is 0 Å². The van der Waals surface area contributed by atoms with E-state index in [1.54, 1.807) is 7.05 Å². The minimum Gasteiger partial charge on any atom is -0.476 e. The summed E-state index contributed by atoms with van der Waals surface area (Å²) >= 11 is 0. The van der Waals surface area contributed by atoms with E-state index in [4.69, 9.17) is 5.73 Å². The number of alkyl halides is 3. The van der Waals surface area contributed by atoms with E-state index >= 15 is 0 Å². The monoisotopic (exact) mass is 422 g/mol. The highest BCUT2D eigenvalue weighted by Crippen LogP contribution is 2.59. The molecule has 2 heterocycles. The van der Waals surface area contributed by atoms with Gasteiger partial charge in [0.2, 0.25) is 5.91 Å². The second kappa shape index (κ2) is 7.12. The Hall–Kier alpha value is -2.88. The number of nitrogens with one attached hydrogen (secondary N) is 1. The van der Waals surface area contributed by atoms with E-state index in [9.17, 15) is 27.9 Å². The molecule has 4 N–H and O–H groups in total. The summed E-state index contributed by atoms with van der Waals surface area (Å²) in [7, 11) is 1.61. The molecule has 1 aliphatic heterocycles. The molecule has 1 saturated heterocycles. The molecular formula is C20H21F3N4O3. The third-order valence-electron chi connectivity index (χ3n) is 6.24. The molecule has 10 heteroatoms. The van der Waals surface area contributed by atoms with E-state index in [1.165, 1.54) is 22.9 Å². The first-order valence-electron chi connectivity index (χ1n) is 9.53. The number of hydrogen-bond acceptors (Lipinski definition) is 4. The van der Waals surface area contributed by atoms with Crippen molar-refractivity contribution in [3.05, 3.63) is 53.1 Å². The lowest BCUT2D eigenvalue weighted by Gasteiger charge is -2.27. The molecule has 2 fully saturated rings. The van der Waals surface area contributed by atoms with E-state index in [-0.39, 0.29) is 29.0 Å². The molecule has 4 rings (SSSR count). The number of carboxylic acid groups (broad SMARTS) is 1. The van der Waals surface area contributed by atoms with Crippen LogP contribution in [-0.2, 0) is 18.0 Å². The van der Waals surface area contributed by atoms with Crippen LogP contribution in [0.15, 0.2) is 30.5 Å². The molecule has 2 aliphatic rings. The maximum Gasteiger partial charge on any atom is 0.416 e. The standard InChI is InChI=1S/C20H21F3N4O3/c1-27-8-13(19(29)30)26-18(27)16(15-11-6-25-7-12(11)15)14(17(24)28)9-3-2-4-10(5-9)20(21,22)23/h2-5,8,11-12,14-16,25H,6-7H2,1H3,(H2,24,28)(H,29,30). The molecule has 7 nitrogen and oxygen atoms in total. The largest absolute Gasteiger partial charge is 0.476 e. The zero-order valence-corrected chi connectivity index (χ0v) is 16.1. The number of carboxylic acids is 1. The van der Waals surface area contributed by atoms with Crippen molar-refractivity contribution in [3.63, 3.8) is 0 Å². The quantitative estimate of drug-likeness (QED) is 0.659. The number of nitrogens with two attached hydrogens (primary N) is 1. The lowest BCUT2D eigenvalue weighted by Crippen LogP contribution is -2.32. The third kappa shape index (κ3) is 3.45. The first-order chi connectivity index (χ1) is 14.1. The van der Waals surface area contributed by atoms with Crippen LogP contribution in [-0.4, -0.2) is 39.6 Å². The molecule has 2 aromatic rings. The minimum absolute atomic E-state index is 0.0268. The van der Waals surface area contributed by atoms with Crippen LogP contribution in [0.2, 0.25) is 0 Å². The average Bonchev–Trinajstić information content (AvgIpc) is 2.99. The molecule has 1 aromatic heterocycles. The third-order valence-corrected chi connectivity index (χ3v) is 6.24. The molecular weight excluding hydrogens is 401 g/mol. The molecule has 1 amide bonds. The molecule has 1 aliphatic carbocycles. The Morgan fingerprint density at radius 2 is 1.97 bits per heavy atom. The van der Waals surface area contributed by atoms with Crippen LogP contribution in [0.4, 0.5) is 13.2 Å². The molecule has 160 valence electrons. The maximum atomic E-state index is 13.3. The number of nitrogens with zero attached hydrogens (tertiary/aromatic N) is 2. The number of rotatable bonds is 6. The zero-order chi connectivity index (χ0) is 21.8. The second-order valence-corrected chi connectivity index (χ2v) is 7.99. The number of imidazole rings is 1. The molecule has 1 saturated carbocycles. The molecule has 1 aromatic carbocycles. The highest BCUT2D eigenvalue weighted by molar-refractivity contribution is 5.85. The number of hydrogen-bond donors (Lipinski definition) is 3. The van der Waals surface area contributed by atoms with Crippen molar-refractivity contribution in [1.29, 1.82) is 0 Å². The highest BCUT2D eigenvalue weighted by atomic mass is 19.4. The topological polar surface area (TPSA) is 110 Å². The van der Waals surface area contributed by atoms with Gasteiger partial charge in [-0.25, -0.2) is 9.78 Å². The number of benzene rings is 1. The summed E-state index contributed by atoms with van der Waals surface area (Å²) in [5.74, 6) is -2.87. The van der Waals surface area contributed by atoms with Gasteiger partial charge in [-0.1, -0.05) is 18.2 Å². The summed E-state index contributed by atoms with van der Waals surface area (Å²) in [5.41, 5.74) is 4.81. The number of fused-ring (bicyclic) bond motifs is 1. The van der Waals surface area contributed by atoms with Crippen LogP contribution < -0.4 is 11.1 Å². The van der Waals surface area contributed by atoms with Gasteiger partial charge in [-0.15, -0.1) is 0 Å². The van der Waals surface area contributed by atoms with Crippen molar-refractivity contribution in [2.75, 3.05) is 13.1 Å². The zero-order valence-electron chi connectivity index (χ0n) is 16.1. The van der Waals surface area contributed by atoms with E-state index in [2.05, 4.69) is 10.3 Å². The Kier molecular flexibility index (Phi) is 4.84. The van der Waals surface area contributed by atoms with Gasteiger partial charge in [0.1, 0.15) is 5.82 Å². The predicted molar refractivity (Wildman–Crippen MR) is 99.6 cm³/mol. The number of carbonyl (C=O) groups excluding carboxylic acids is 1. The van der Waals surface area contributed by atoms with Gasteiger partial charge in [0, 0.05) is 19.2 Å². The SMILES string of the molecule is Cn1cc(C(=O)O)nc1C(C(C(N)=O)c1cccc(C(F)(F)F)c1)C1C2CNCC21. The van der Waals surface area contributed by atoms with Crippen LogP contribution in [0.3, 0.4) is 0 Å². The predicted octanol–water partition coefficient (Wildman–Crippen LogP) is 1.96. The Balaban J connectivity index is 1.82. The van der Waals surface area contributed by atoms with Crippen LogP contribution in [0, 0.1) is 17.8 Å². The normalized spacial score (nSPS) is 24.9. The van der Waals surface area contributed by atoms with Gasteiger partial charge in [-0.2, -0.15) is 13.2 Å². The van der Waals surface area contributed by atoms with Crippen LogP contribution in [0.5, 0.6) is 0 Å². The summed E-state index contributed by atoms with van der Waals surface area (Å²) in [5, 5.41) is 12.6. The summed E-state index contributed by atoms with van der Waals surface area (Å²) in [4.78, 5) is 28.2. The van der Waals surface area contributed by atoms with Crippen LogP contribution in [0.25, 0.3) is 0 Å². The second-order valence-electron chi connectivity index (χ2n) is 7.99. The first kappa shape index (κ1) is 20.4. The number of aryl methyl sites for hydroxylation is 1. The summed E-state index contributed by atoms with van der Waals surface area (Å²) in [6.45, 7) is 1.46. The lowest BCUT2D eigenvalue weighted by atomic mass is 9.79. The van der Waals surface area contributed by atoms with Gasteiger partial charge in [-0.3, -0.25) is 4.79 Å². The van der Waals surface area contributed by atoms with Crippen LogP contribution in [0.1, 0.15) is 39.3 Å². The molecule has 30 heavy (non-hydrogen) atoms. The van der Waals surface area contributed by atoms with E-state index in [0.29, 0.717) is 5.82 Å². The number of piperidine rings is 1. The van der Waals surface area contributed by atoms with Crippen molar-refractivity contribution < 1.29 is 27.9 Å². The van der Waals surface area contributed by atoms with E-state index < -0.39 is 35.5 Å². The number of aromatic carboxylic acids is 1. The minimum atomic E-state index is -4.56. The van der Waals surface area contributed by atoms with Gasteiger partial charge < -0.3 is 20.7 Å². The Labute approximate surface area is 170 Å². The number of amides is 1. The molecule has 0 spiro atoms. The summed E-state index contributed by atoms with van der Waals surface area (Å²) in [6, 6.07) is 4.59. The van der Waals surface area contributed by atoms with Crippen LogP contribution >= 0.6 is 0 Å². The number of carbonyl (C=O) groups is 2.